The highest BCUT2D eigenvalue weighted by Gasteiger charge is 2.32. The first kappa shape index (κ1) is 33.9. The van der Waals surface area contributed by atoms with Crippen LogP contribution in [0.4, 0.5) is 0 Å². The first-order valence-electron chi connectivity index (χ1n) is 13.2. The van der Waals surface area contributed by atoms with E-state index in [0.717, 1.165) is 32.2 Å². The molecule has 1 aliphatic carbocycles. The largest absolute Gasteiger partial charge is 0.480 e. The van der Waals surface area contributed by atoms with E-state index in [1.807, 2.05) is 13.8 Å². The van der Waals surface area contributed by atoms with Crippen molar-refractivity contribution in [2.45, 2.75) is 95.9 Å². The Kier molecular flexibility index (Phi) is 15.2. The fourth-order valence-electron chi connectivity index (χ4n) is 4.12. The van der Waals surface area contributed by atoms with Gasteiger partial charge in [-0.15, -0.1) is 0 Å². The van der Waals surface area contributed by atoms with Crippen LogP contribution < -0.4 is 22.1 Å². The summed E-state index contributed by atoms with van der Waals surface area (Å²) in [6.45, 7) is 4.19. The Hall–Kier alpha value is -3.10. The SMILES string of the molecule is CC(C)C[C@H](NC[C@H](OC(=O)C1CCCC1)C(=O)O)C(=O)OC(=O)[C@@H](N)CCC(N)=O.O=C(O)[C@@H]1CCCN1. The predicted octanol–water partition coefficient (Wildman–Crippen LogP) is -0.337. The lowest BCUT2D eigenvalue weighted by Gasteiger charge is -2.22. The summed E-state index contributed by atoms with van der Waals surface area (Å²) in [6, 6.07) is -2.48. The Morgan fingerprint density at radius 1 is 1.00 bits per heavy atom. The number of primary amides is 1. The molecule has 0 bridgehead atoms. The van der Waals surface area contributed by atoms with Gasteiger partial charge in [-0.3, -0.25) is 14.4 Å². The highest BCUT2D eigenvalue weighted by Crippen LogP contribution is 2.26. The third-order valence-corrected chi connectivity index (χ3v) is 6.33. The monoisotopic (exact) mass is 558 g/mol. The molecule has 0 unspecified atom stereocenters. The molecule has 0 radical (unpaired) electrons. The van der Waals surface area contributed by atoms with E-state index in [1.165, 1.54) is 0 Å². The Bertz CT molecular complexity index is 854. The summed E-state index contributed by atoms with van der Waals surface area (Å²) in [4.78, 5) is 69.0. The zero-order valence-corrected chi connectivity index (χ0v) is 22.6. The van der Waals surface area contributed by atoms with E-state index in [-0.39, 0.29) is 43.7 Å². The van der Waals surface area contributed by atoms with Crippen LogP contribution in [0.5, 0.6) is 0 Å². The summed E-state index contributed by atoms with van der Waals surface area (Å²) >= 11 is 0. The molecule has 1 saturated heterocycles. The molecular weight excluding hydrogens is 516 g/mol. The molecule has 1 aliphatic heterocycles. The third-order valence-electron chi connectivity index (χ3n) is 6.33. The van der Waals surface area contributed by atoms with Crippen LogP contribution in [-0.2, 0) is 38.2 Å². The van der Waals surface area contributed by atoms with Crippen LogP contribution in [0.3, 0.4) is 0 Å². The summed E-state index contributed by atoms with van der Waals surface area (Å²) in [7, 11) is 0. The van der Waals surface area contributed by atoms with E-state index < -0.39 is 53.9 Å². The van der Waals surface area contributed by atoms with Crippen molar-refractivity contribution in [1.29, 1.82) is 0 Å². The standard InChI is InChI=1S/C20H33N3O8.C5H9NO2/c1-11(2)9-14(20(29)31-19(28)13(21)7-8-16(22)24)23-10-15(17(25)26)30-18(27)12-5-3-4-6-12;7-5(8)4-2-1-3-6-4/h11-15,23H,3-10,21H2,1-2H3,(H2,22,24)(H,25,26);4,6H,1-3H2,(H,7,8)/t13-,14-,15-;4-/m00/s1. The van der Waals surface area contributed by atoms with Crippen molar-refractivity contribution >= 4 is 35.8 Å². The predicted molar refractivity (Wildman–Crippen MR) is 137 cm³/mol. The number of nitrogens with one attached hydrogen (secondary N) is 2. The summed E-state index contributed by atoms with van der Waals surface area (Å²) in [5, 5.41) is 23.3. The van der Waals surface area contributed by atoms with Gasteiger partial charge in [0.25, 0.3) is 0 Å². The van der Waals surface area contributed by atoms with Crippen molar-refractivity contribution in [3.63, 3.8) is 0 Å². The van der Waals surface area contributed by atoms with Crippen LogP contribution in [0.15, 0.2) is 0 Å². The third kappa shape index (κ3) is 13.5. The van der Waals surface area contributed by atoms with Gasteiger partial charge >= 0.3 is 29.8 Å². The molecule has 1 saturated carbocycles. The number of hydrogen-bond acceptors (Lipinski definition) is 11. The van der Waals surface area contributed by atoms with Gasteiger partial charge in [0, 0.05) is 13.0 Å². The minimum Gasteiger partial charge on any atom is -0.480 e. The summed E-state index contributed by atoms with van der Waals surface area (Å²) in [5.41, 5.74) is 10.6. The quantitative estimate of drug-likeness (QED) is 0.118. The Labute approximate surface area is 227 Å². The van der Waals surface area contributed by atoms with E-state index in [4.69, 9.17) is 26.0 Å². The van der Waals surface area contributed by atoms with Gasteiger partial charge in [0.2, 0.25) is 12.0 Å². The van der Waals surface area contributed by atoms with Crippen LogP contribution in [0, 0.1) is 11.8 Å². The minimum absolute atomic E-state index is 0.00741. The van der Waals surface area contributed by atoms with Crippen LogP contribution in [0.25, 0.3) is 0 Å². The van der Waals surface area contributed by atoms with Gasteiger partial charge in [-0.05, 0) is 51.0 Å². The summed E-state index contributed by atoms with van der Waals surface area (Å²) in [6.07, 6.45) is 3.47. The molecule has 2 rings (SSSR count). The number of hydrogen-bond donors (Lipinski definition) is 6. The van der Waals surface area contributed by atoms with Crippen molar-refractivity contribution < 1.29 is 48.5 Å². The van der Waals surface area contributed by atoms with Gasteiger partial charge in [-0.25, -0.2) is 14.4 Å². The van der Waals surface area contributed by atoms with Crippen molar-refractivity contribution in [1.82, 2.24) is 10.6 Å². The number of ether oxygens (including phenoxy) is 2. The Morgan fingerprint density at radius 2 is 1.64 bits per heavy atom. The maximum absolute atomic E-state index is 12.4. The molecule has 222 valence electrons. The number of amides is 1. The van der Waals surface area contributed by atoms with Crippen molar-refractivity contribution in [2.75, 3.05) is 13.1 Å². The summed E-state index contributed by atoms with van der Waals surface area (Å²) < 4.78 is 9.91. The van der Waals surface area contributed by atoms with Crippen LogP contribution in [0.1, 0.15) is 71.6 Å². The molecule has 2 aliphatic rings. The van der Waals surface area contributed by atoms with E-state index in [1.54, 1.807) is 0 Å². The lowest BCUT2D eigenvalue weighted by Crippen LogP contribution is -2.47. The van der Waals surface area contributed by atoms with Gasteiger partial charge in [-0.2, -0.15) is 0 Å². The fourth-order valence-corrected chi connectivity index (χ4v) is 4.12. The van der Waals surface area contributed by atoms with Gasteiger partial charge in [0.15, 0.2) is 0 Å². The average molecular weight is 559 g/mol. The fraction of sp³-hybridized carbons (Fsp3) is 0.760. The lowest BCUT2D eigenvalue weighted by molar-refractivity contribution is -0.167. The number of carboxylic acid groups (broad SMARTS) is 2. The molecule has 14 nitrogen and oxygen atoms in total. The molecule has 1 heterocycles. The molecule has 14 heteroatoms. The molecule has 0 aromatic rings. The highest BCUT2D eigenvalue weighted by atomic mass is 16.6. The zero-order valence-electron chi connectivity index (χ0n) is 22.6. The highest BCUT2D eigenvalue weighted by molar-refractivity contribution is 5.91. The van der Waals surface area contributed by atoms with E-state index in [9.17, 15) is 33.9 Å². The molecule has 8 N–H and O–H groups in total. The number of carbonyl (C=O) groups is 6. The van der Waals surface area contributed by atoms with Crippen molar-refractivity contribution in [2.24, 2.45) is 23.3 Å². The number of carbonyl (C=O) groups excluding carboxylic acids is 4. The maximum Gasteiger partial charge on any atom is 0.346 e. The van der Waals surface area contributed by atoms with Gasteiger partial charge < -0.3 is 41.8 Å². The number of esters is 3. The maximum atomic E-state index is 12.4. The molecule has 0 aromatic heterocycles. The second-order valence-electron chi connectivity index (χ2n) is 10.2. The normalized spacial score (nSPS) is 19.3. The Morgan fingerprint density at radius 3 is 2.10 bits per heavy atom. The van der Waals surface area contributed by atoms with Crippen LogP contribution >= 0.6 is 0 Å². The number of aliphatic carboxylic acids is 2. The topological polar surface area (TPSA) is 237 Å². The second-order valence-corrected chi connectivity index (χ2v) is 10.2. The van der Waals surface area contributed by atoms with E-state index in [2.05, 4.69) is 10.6 Å². The molecule has 39 heavy (non-hydrogen) atoms. The first-order valence-corrected chi connectivity index (χ1v) is 13.2. The summed E-state index contributed by atoms with van der Waals surface area (Å²) in [5.74, 6) is -5.51. The van der Waals surface area contributed by atoms with Gasteiger partial charge in [-0.1, -0.05) is 26.7 Å². The van der Waals surface area contributed by atoms with E-state index in [0.29, 0.717) is 12.8 Å². The van der Waals surface area contributed by atoms with E-state index >= 15 is 0 Å². The number of rotatable bonds is 14. The molecular formula is C25H42N4O10. The van der Waals surface area contributed by atoms with Crippen molar-refractivity contribution in [3.05, 3.63) is 0 Å². The van der Waals surface area contributed by atoms with Crippen molar-refractivity contribution in [3.8, 4) is 0 Å². The zero-order chi connectivity index (χ0) is 29.5. The lowest BCUT2D eigenvalue weighted by atomic mass is 10.0. The first-order chi connectivity index (χ1) is 18.3. The minimum atomic E-state index is -1.48. The molecule has 1 amide bonds. The Balaban J connectivity index is 0.000000806. The van der Waals surface area contributed by atoms with Gasteiger partial charge in [0.05, 0.1) is 5.92 Å². The van der Waals surface area contributed by atoms with Crippen LogP contribution in [-0.4, -0.2) is 83.3 Å². The molecule has 0 aromatic carbocycles. The smallest absolute Gasteiger partial charge is 0.346 e. The molecule has 2 fully saturated rings. The molecule has 0 spiro atoms. The van der Waals surface area contributed by atoms with Crippen LogP contribution in [0.2, 0.25) is 0 Å². The molecule has 4 atom stereocenters. The second kappa shape index (κ2) is 17.5. The number of nitrogens with two attached hydrogens (primary N) is 2. The van der Waals surface area contributed by atoms with Gasteiger partial charge in [0.1, 0.15) is 18.1 Å². The number of carboxylic acids is 2. The average Bonchev–Trinajstić information content (AvgIpc) is 3.58.